The maximum atomic E-state index is 12.2. The summed E-state index contributed by atoms with van der Waals surface area (Å²) in [6, 6.07) is 0. The van der Waals surface area contributed by atoms with Gasteiger partial charge in [-0.3, -0.25) is 14.2 Å². The Labute approximate surface area is 122 Å². The Balaban J connectivity index is 2.07. The molecule has 0 unspecified atom stereocenters. The lowest BCUT2D eigenvalue weighted by Gasteiger charge is -2.05. The number of nitrogens with one attached hydrogen (secondary N) is 1. The van der Waals surface area contributed by atoms with Crippen LogP contribution in [0.25, 0.3) is 0 Å². The Kier molecular flexibility index (Phi) is 4.21. The monoisotopic (exact) mass is 321 g/mol. The number of hydrogen-bond donors (Lipinski definition) is 1. The number of hydrogen-bond acceptors (Lipinski definition) is 3. The summed E-state index contributed by atoms with van der Waals surface area (Å²) in [5.41, 5.74) is 0.133. The van der Waals surface area contributed by atoms with E-state index in [1.807, 2.05) is 6.92 Å². The van der Waals surface area contributed by atoms with Crippen LogP contribution in [0.1, 0.15) is 17.4 Å². The first-order valence-electron chi connectivity index (χ1n) is 5.92. The molecule has 0 fully saturated rings. The summed E-state index contributed by atoms with van der Waals surface area (Å²) < 4.78 is 38.7. The average Bonchev–Trinajstić information content (AvgIpc) is 2.94. The highest BCUT2D eigenvalue weighted by molar-refractivity contribution is 6.34. The molecule has 21 heavy (non-hydrogen) atoms. The van der Waals surface area contributed by atoms with Gasteiger partial charge < -0.3 is 5.32 Å². The van der Waals surface area contributed by atoms with Crippen molar-refractivity contribution in [1.29, 1.82) is 0 Å². The van der Waals surface area contributed by atoms with Crippen molar-refractivity contribution in [3.8, 4) is 0 Å². The number of alkyl halides is 3. The van der Waals surface area contributed by atoms with E-state index in [-0.39, 0.29) is 16.4 Å². The fraction of sp³-hybridized carbons (Fsp3) is 0.364. The van der Waals surface area contributed by atoms with Crippen molar-refractivity contribution < 1.29 is 18.0 Å². The molecule has 0 atom stereocenters. The van der Waals surface area contributed by atoms with Gasteiger partial charge in [-0.2, -0.15) is 23.4 Å². The van der Waals surface area contributed by atoms with E-state index >= 15 is 0 Å². The molecule has 1 N–H and O–H groups in total. The quantitative estimate of drug-likeness (QED) is 0.941. The topological polar surface area (TPSA) is 64.7 Å². The van der Waals surface area contributed by atoms with Crippen molar-refractivity contribution >= 4 is 23.2 Å². The summed E-state index contributed by atoms with van der Waals surface area (Å²) in [5, 5.41) is 10.0. The number of aryl methyl sites for hydroxylation is 1. The number of carbonyl (C=O) groups excluding carboxylic acids is 1. The third-order valence-electron chi connectivity index (χ3n) is 2.49. The second-order valence-electron chi connectivity index (χ2n) is 4.18. The molecular formula is C11H11ClF3N5O. The first-order valence-corrected chi connectivity index (χ1v) is 6.30. The summed E-state index contributed by atoms with van der Waals surface area (Å²) in [5.74, 6) is -0.612. The minimum Gasteiger partial charge on any atom is -0.318 e. The van der Waals surface area contributed by atoms with Crippen molar-refractivity contribution in [2.45, 2.75) is 26.2 Å². The molecule has 2 heterocycles. The second kappa shape index (κ2) is 5.76. The Bertz CT molecular complexity index is 649. The van der Waals surface area contributed by atoms with Crippen LogP contribution in [-0.4, -0.2) is 31.6 Å². The molecule has 0 bridgehead atoms. The SMILES string of the molecule is CCn1cc(Cl)c(C(=O)Nc2cnn(CC(F)(F)F)c2)n1. The van der Waals surface area contributed by atoms with Crippen LogP contribution in [0.15, 0.2) is 18.6 Å². The predicted molar refractivity (Wildman–Crippen MR) is 69.1 cm³/mol. The summed E-state index contributed by atoms with van der Waals surface area (Å²) in [6.07, 6.45) is -0.690. The second-order valence-corrected chi connectivity index (χ2v) is 4.58. The lowest BCUT2D eigenvalue weighted by Crippen LogP contribution is -2.18. The minimum atomic E-state index is -4.38. The fourth-order valence-electron chi connectivity index (χ4n) is 1.60. The van der Waals surface area contributed by atoms with E-state index in [4.69, 9.17) is 11.6 Å². The van der Waals surface area contributed by atoms with Gasteiger partial charge in [-0.25, -0.2) is 0 Å². The van der Waals surface area contributed by atoms with Crippen molar-refractivity contribution in [2.24, 2.45) is 0 Å². The average molecular weight is 322 g/mol. The third-order valence-corrected chi connectivity index (χ3v) is 2.77. The molecule has 0 saturated carbocycles. The molecule has 0 spiro atoms. The molecule has 0 radical (unpaired) electrons. The van der Waals surface area contributed by atoms with Gasteiger partial charge in [-0.05, 0) is 6.92 Å². The smallest absolute Gasteiger partial charge is 0.318 e. The Morgan fingerprint density at radius 2 is 2.10 bits per heavy atom. The number of nitrogens with zero attached hydrogens (tertiary/aromatic N) is 4. The molecule has 1 amide bonds. The zero-order chi connectivity index (χ0) is 15.6. The summed E-state index contributed by atoms with van der Waals surface area (Å²) >= 11 is 5.86. The van der Waals surface area contributed by atoms with Gasteiger partial charge in [0.25, 0.3) is 5.91 Å². The van der Waals surface area contributed by atoms with Crippen LogP contribution >= 0.6 is 11.6 Å². The molecule has 10 heteroatoms. The van der Waals surface area contributed by atoms with E-state index in [1.54, 1.807) is 0 Å². The molecule has 2 rings (SSSR count). The lowest BCUT2D eigenvalue weighted by molar-refractivity contribution is -0.142. The molecule has 0 aliphatic rings. The van der Waals surface area contributed by atoms with E-state index in [2.05, 4.69) is 15.5 Å². The van der Waals surface area contributed by atoms with Crippen LogP contribution in [0.2, 0.25) is 5.02 Å². The summed E-state index contributed by atoms with van der Waals surface area (Å²) in [7, 11) is 0. The number of halogens is 4. The van der Waals surface area contributed by atoms with E-state index in [9.17, 15) is 18.0 Å². The van der Waals surface area contributed by atoms with Gasteiger partial charge in [-0.1, -0.05) is 11.6 Å². The van der Waals surface area contributed by atoms with Gasteiger partial charge in [-0.15, -0.1) is 0 Å². The summed E-state index contributed by atoms with van der Waals surface area (Å²) in [4.78, 5) is 11.9. The van der Waals surface area contributed by atoms with E-state index in [0.717, 1.165) is 12.4 Å². The van der Waals surface area contributed by atoms with Crippen LogP contribution in [0.3, 0.4) is 0 Å². The lowest BCUT2D eigenvalue weighted by atomic mass is 10.4. The van der Waals surface area contributed by atoms with Crippen LogP contribution in [0, 0.1) is 0 Å². The highest BCUT2D eigenvalue weighted by Gasteiger charge is 2.28. The number of rotatable bonds is 4. The van der Waals surface area contributed by atoms with Gasteiger partial charge in [0.05, 0.1) is 16.9 Å². The van der Waals surface area contributed by atoms with Crippen molar-refractivity contribution in [1.82, 2.24) is 19.6 Å². The largest absolute Gasteiger partial charge is 0.408 e. The van der Waals surface area contributed by atoms with E-state index < -0.39 is 18.6 Å². The molecule has 0 aliphatic carbocycles. The molecule has 0 aromatic carbocycles. The van der Waals surface area contributed by atoms with Crippen molar-refractivity contribution in [2.75, 3.05) is 5.32 Å². The highest BCUT2D eigenvalue weighted by atomic mass is 35.5. The highest BCUT2D eigenvalue weighted by Crippen LogP contribution is 2.19. The maximum absolute atomic E-state index is 12.2. The Morgan fingerprint density at radius 1 is 1.38 bits per heavy atom. The van der Waals surface area contributed by atoms with Gasteiger partial charge >= 0.3 is 6.18 Å². The number of anilines is 1. The predicted octanol–water partition coefficient (Wildman–Crippen LogP) is 2.57. The van der Waals surface area contributed by atoms with Crippen LogP contribution in [0.4, 0.5) is 18.9 Å². The molecule has 0 aliphatic heterocycles. The minimum absolute atomic E-state index is 0.00193. The zero-order valence-electron chi connectivity index (χ0n) is 10.9. The molecule has 2 aromatic heterocycles. The molecular weight excluding hydrogens is 311 g/mol. The van der Waals surface area contributed by atoms with Gasteiger partial charge in [0.2, 0.25) is 0 Å². The first kappa shape index (κ1) is 15.4. The van der Waals surface area contributed by atoms with Crippen molar-refractivity contribution in [3.63, 3.8) is 0 Å². The van der Waals surface area contributed by atoms with Gasteiger partial charge in [0.1, 0.15) is 6.54 Å². The number of carbonyl (C=O) groups is 1. The Hall–Kier alpha value is -2.03. The van der Waals surface area contributed by atoms with Crippen LogP contribution in [-0.2, 0) is 13.1 Å². The van der Waals surface area contributed by atoms with Crippen molar-refractivity contribution in [3.05, 3.63) is 29.3 Å². The zero-order valence-corrected chi connectivity index (χ0v) is 11.6. The standard InChI is InChI=1S/C11H11ClF3N5O/c1-2-19-5-8(12)9(18-19)10(21)17-7-3-16-20(4-7)6-11(13,14)15/h3-5H,2,6H2,1H3,(H,17,21). The molecule has 114 valence electrons. The fourth-order valence-corrected chi connectivity index (χ4v) is 1.84. The van der Waals surface area contributed by atoms with E-state index in [1.165, 1.54) is 10.9 Å². The molecule has 0 saturated heterocycles. The first-order chi connectivity index (χ1) is 9.78. The molecule has 6 nitrogen and oxygen atoms in total. The van der Waals surface area contributed by atoms with Crippen LogP contribution in [0.5, 0.6) is 0 Å². The normalized spacial score (nSPS) is 11.7. The molecule has 2 aromatic rings. The van der Waals surface area contributed by atoms with Gasteiger partial charge in [0.15, 0.2) is 5.69 Å². The van der Waals surface area contributed by atoms with Crippen LogP contribution < -0.4 is 5.32 Å². The summed E-state index contributed by atoms with van der Waals surface area (Å²) in [6.45, 7) is 1.14. The maximum Gasteiger partial charge on any atom is 0.408 e. The van der Waals surface area contributed by atoms with Gasteiger partial charge in [0, 0.05) is 18.9 Å². The van der Waals surface area contributed by atoms with E-state index in [0.29, 0.717) is 11.2 Å². The number of aromatic nitrogens is 4. The third kappa shape index (κ3) is 3.97. The Morgan fingerprint density at radius 3 is 2.67 bits per heavy atom. The number of amides is 1.